The van der Waals surface area contributed by atoms with Gasteiger partial charge in [-0.3, -0.25) is 16.3 Å². The minimum atomic E-state index is 0. The van der Waals surface area contributed by atoms with Crippen LogP contribution in [0, 0.1) is 5.38 Å². The van der Waals surface area contributed by atoms with Gasteiger partial charge in [0.2, 0.25) is 0 Å². The molecule has 0 spiro atoms. The first-order valence-electron chi connectivity index (χ1n) is 17.0. The molecule has 1 radical (unpaired) electrons. The average molecular weight is 844 g/mol. The van der Waals surface area contributed by atoms with Crippen LogP contribution in [0.4, 0.5) is 0 Å². The fourth-order valence-corrected chi connectivity index (χ4v) is 8.08. The molecule has 247 valence electrons. The van der Waals surface area contributed by atoms with Gasteiger partial charge in [-0.15, -0.1) is 5.39 Å². The van der Waals surface area contributed by atoms with Crippen LogP contribution in [-0.2, 0) is 20.1 Å². The van der Waals surface area contributed by atoms with Crippen molar-refractivity contribution in [2.24, 2.45) is 0 Å². The van der Waals surface area contributed by atoms with E-state index in [1.165, 1.54) is 32.6 Å². The predicted octanol–water partition coefficient (Wildman–Crippen LogP) is 13.2. The van der Waals surface area contributed by atoms with E-state index in [0.29, 0.717) is 11.8 Å². The Balaban J connectivity index is 0.00000361. The van der Waals surface area contributed by atoms with E-state index in [-0.39, 0.29) is 20.1 Å². The molecule has 0 saturated heterocycles. The molecule has 9 rings (SSSR count). The maximum atomic E-state index is 6.13. The second-order valence-corrected chi connectivity index (χ2v) is 14.4. The summed E-state index contributed by atoms with van der Waals surface area (Å²) < 4.78 is 9.75. The summed E-state index contributed by atoms with van der Waals surface area (Å²) in [6.07, 6.45) is 0. The molecular weight excluding hydrogens is 809 g/mol. The van der Waals surface area contributed by atoms with Crippen molar-refractivity contribution in [2.75, 3.05) is 0 Å². The third-order valence-corrected chi connectivity index (χ3v) is 10.6. The van der Waals surface area contributed by atoms with E-state index in [1.54, 1.807) is 11.3 Å². The zero-order valence-electron chi connectivity index (χ0n) is 28.3. The topological polar surface area (TPSA) is 31.0 Å². The molecule has 6 aromatic carbocycles. The quantitative estimate of drug-likeness (QED) is 0.156. The van der Waals surface area contributed by atoms with E-state index in [0.717, 1.165) is 60.9 Å². The van der Waals surface area contributed by atoms with Crippen LogP contribution in [-0.4, -0.2) is 9.55 Å². The van der Waals surface area contributed by atoms with Crippen LogP contribution in [0.25, 0.3) is 82.4 Å². The third kappa shape index (κ3) is 5.32. The fourth-order valence-electron chi connectivity index (χ4n) is 7.26. The number of benzene rings is 6. The Hall–Kier alpha value is -4.80. The Kier molecular flexibility index (Phi) is 8.31. The molecular formula is C45H35IrN2OS-. The number of furan rings is 1. The van der Waals surface area contributed by atoms with Crippen molar-refractivity contribution in [1.82, 2.24) is 9.55 Å². The average Bonchev–Trinajstić information content (AvgIpc) is 3.84. The fraction of sp³-hybridized carbons (Fsp3) is 0.133. The molecule has 0 aliphatic rings. The van der Waals surface area contributed by atoms with Crippen LogP contribution >= 0.6 is 11.3 Å². The molecule has 0 aliphatic heterocycles. The van der Waals surface area contributed by atoms with Crippen LogP contribution < -0.4 is 0 Å². The summed E-state index contributed by atoms with van der Waals surface area (Å²) in [5.41, 5.74) is 13.6. The first kappa shape index (κ1) is 32.4. The van der Waals surface area contributed by atoms with Gasteiger partial charge in [0.15, 0.2) is 0 Å². The minimum Gasteiger partial charge on any atom is -0.456 e. The van der Waals surface area contributed by atoms with Gasteiger partial charge in [-0.2, -0.15) is 0 Å². The number of fused-ring (bicyclic) bond motifs is 5. The molecule has 3 heterocycles. The van der Waals surface area contributed by atoms with Crippen LogP contribution in [0.5, 0.6) is 0 Å². The zero-order chi connectivity index (χ0) is 33.2. The Labute approximate surface area is 309 Å². The standard InChI is InChI=1S/C45H35N2OS.Ir/c1-27(2)34-24-32(29-12-6-5-7-13-29)25-35(28(3)4)44(34)47-40-16-10-9-15-39(40)46-45(47)38-26-49-43-21-19-31(23-37(38)43)30-18-20-42-36(22-30)33-14-8-11-17-41(33)48-42;/h5-25,27-28H,1-4H3;/q-1;. The van der Waals surface area contributed by atoms with Crippen molar-refractivity contribution in [3.63, 3.8) is 0 Å². The second-order valence-electron chi connectivity index (χ2n) is 13.5. The van der Waals surface area contributed by atoms with Gasteiger partial charge >= 0.3 is 0 Å². The molecule has 0 N–H and O–H groups in total. The predicted molar refractivity (Wildman–Crippen MR) is 207 cm³/mol. The SMILES string of the molecule is CC(C)c1cc(-c2ccccc2)cc(C(C)C)c1-n1c(-c2[c-]sc3ccc(-c4ccc5oc6ccccc6c5c4)cc23)nc2ccccc21.[Ir]. The molecule has 3 aromatic heterocycles. The van der Waals surface area contributed by atoms with E-state index >= 15 is 0 Å². The summed E-state index contributed by atoms with van der Waals surface area (Å²) in [5.74, 6) is 1.53. The summed E-state index contributed by atoms with van der Waals surface area (Å²) in [6, 6.07) is 45.6. The van der Waals surface area contributed by atoms with Gasteiger partial charge in [0.05, 0.1) is 16.9 Å². The maximum Gasteiger partial charge on any atom is 0.135 e. The number of imidazole rings is 1. The molecule has 0 saturated carbocycles. The Morgan fingerprint density at radius 1 is 0.600 bits per heavy atom. The Bertz CT molecular complexity index is 2650. The molecule has 0 amide bonds. The Morgan fingerprint density at radius 2 is 1.24 bits per heavy atom. The number of aromatic nitrogens is 2. The van der Waals surface area contributed by atoms with Gasteiger partial charge in [0.1, 0.15) is 11.2 Å². The summed E-state index contributed by atoms with van der Waals surface area (Å²) in [4.78, 5) is 5.36. The van der Waals surface area contributed by atoms with Gasteiger partial charge in [0, 0.05) is 36.6 Å². The summed E-state index contributed by atoms with van der Waals surface area (Å²) in [6.45, 7) is 9.20. The normalized spacial score (nSPS) is 11.8. The number of para-hydroxylation sites is 3. The number of thiophene rings is 1. The van der Waals surface area contributed by atoms with Gasteiger partial charge < -0.3 is 8.98 Å². The van der Waals surface area contributed by atoms with E-state index in [9.17, 15) is 0 Å². The molecule has 0 atom stereocenters. The number of nitrogens with zero attached hydrogens (tertiary/aromatic N) is 2. The summed E-state index contributed by atoms with van der Waals surface area (Å²) in [7, 11) is 0. The first-order chi connectivity index (χ1) is 23.9. The van der Waals surface area contributed by atoms with Crippen molar-refractivity contribution >= 4 is 54.4 Å². The van der Waals surface area contributed by atoms with Gasteiger partial charge in [-0.05, 0) is 87.7 Å². The second kappa shape index (κ2) is 12.8. The minimum absolute atomic E-state index is 0. The number of hydrogen-bond donors (Lipinski definition) is 0. The summed E-state index contributed by atoms with van der Waals surface area (Å²) in [5, 5.41) is 7.14. The van der Waals surface area contributed by atoms with Crippen molar-refractivity contribution in [2.45, 2.75) is 39.5 Å². The Morgan fingerprint density at radius 3 is 2.00 bits per heavy atom. The van der Waals surface area contributed by atoms with Crippen LogP contribution in [0.3, 0.4) is 0 Å². The van der Waals surface area contributed by atoms with Crippen LogP contribution in [0.1, 0.15) is 50.7 Å². The van der Waals surface area contributed by atoms with Gasteiger partial charge in [-0.25, -0.2) is 0 Å². The molecule has 9 aromatic rings. The molecule has 0 fully saturated rings. The van der Waals surface area contributed by atoms with E-state index in [2.05, 4.69) is 153 Å². The zero-order valence-corrected chi connectivity index (χ0v) is 31.5. The van der Waals surface area contributed by atoms with Crippen LogP contribution in [0.2, 0.25) is 0 Å². The van der Waals surface area contributed by atoms with Gasteiger partial charge in [-0.1, -0.05) is 128 Å². The molecule has 0 unspecified atom stereocenters. The smallest absolute Gasteiger partial charge is 0.135 e. The number of rotatable bonds is 6. The first-order valence-corrected chi connectivity index (χ1v) is 17.8. The van der Waals surface area contributed by atoms with Crippen molar-refractivity contribution in [1.29, 1.82) is 0 Å². The van der Waals surface area contributed by atoms with Crippen molar-refractivity contribution < 1.29 is 24.5 Å². The molecule has 3 nitrogen and oxygen atoms in total. The molecule has 5 heteroatoms. The molecule has 50 heavy (non-hydrogen) atoms. The molecule has 0 bridgehead atoms. The van der Waals surface area contributed by atoms with E-state index in [1.807, 2.05) is 12.1 Å². The van der Waals surface area contributed by atoms with E-state index in [4.69, 9.17) is 9.40 Å². The maximum absolute atomic E-state index is 6.13. The summed E-state index contributed by atoms with van der Waals surface area (Å²) >= 11 is 1.66. The van der Waals surface area contributed by atoms with Crippen molar-refractivity contribution in [3.05, 3.63) is 144 Å². The largest absolute Gasteiger partial charge is 0.456 e. The van der Waals surface area contributed by atoms with Crippen molar-refractivity contribution in [3.8, 4) is 39.3 Å². The number of hydrogen-bond acceptors (Lipinski definition) is 3. The monoisotopic (exact) mass is 844 g/mol. The third-order valence-electron chi connectivity index (χ3n) is 9.75. The van der Waals surface area contributed by atoms with E-state index < -0.39 is 0 Å². The van der Waals surface area contributed by atoms with Crippen LogP contribution in [0.15, 0.2) is 132 Å². The molecule has 0 aliphatic carbocycles. The van der Waals surface area contributed by atoms with Gasteiger partial charge in [0.25, 0.3) is 0 Å².